The van der Waals surface area contributed by atoms with E-state index < -0.39 is 11.7 Å². The smallest absolute Gasteiger partial charge is 0.271 e. The van der Waals surface area contributed by atoms with Crippen LogP contribution in [0.3, 0.4) is 0 Å². The number of carbonyl (C=O) groups excluding carboxylic acids is 2. The van der Waals surface area contributed by atoms with Gasteiger partial charge in [-0.1, -0.05) is 42.5 Å². The third kappa shape index (κ3) is 4.12. The summed E-state index contributed by atoms with van der Waals surface area (Å²) in [7, 11) is 0. The Morgan fingerprint density at radius 2 is 1.73 bits per heavy atom. The van der Waals surface area contributed by atoms with Crippen LogP contribution in [0.25, 0.3) is 0 Å². The summed E-state index contributed by atoms with van der Waals surface area (Å²) in [4.78, 5) is 28.5. The van der Waals surface area contributed by atoms with E-state index in [-0.39, 0.29) is 28.3 Å². The van der Waals surface area contributed by atoms with E-state index in [0.717, 1.165) is 16.9 Å². The third-order valence-corrected chi connectivity index (χ3v) is 4.48. The molecular formula is C19H16FN3O2S. The molecule has 132 valence electrons. The van der Waals surface area contributed by atoms with E-state index in [9.17, 15) is 14.0 Å². The maximum absolute atomic E-state index is 13.6. The minimum Gasteiger partial charge on any atom is -0.344 e. The van der Waals surface area contributed by atoms with Crippen LogP contribution in [-0.4, -0.2) is 16.8 Å². The summed E-state index contributed by atoms with van der Waals surface area (Å²) < 4.78 is 13.6. The minimum absolute atomic E-state index is 0.0774. The number of aromatic nitrogens is 1. The third-order valence-electron chi connectivity index (χ3n) is 3.72. The summed E-state index contributed by atoms with van der Waals surface area (Å²) in [5.41, 5.74) is 1.09. The van der Waals surface area contributed by atoms with Crippen LogP contribution in [0.2, 0.25) is 0 Å². The molecule has 7 heteroatoms. The first-order chi connectivity index (χ1) is 12.5. The highest BCUT2D eigenvalue weighted by molar-refractivity contribution is 7.14. The van der Waals surface area contributed by atoms with E-state index in [4.69, 9.17) is 0 Å². The zero-order chi connectivity index (χ0) is 18.5. The summed E-state index contributed by atoms with van der Waals surface area (Å²) in [6, 6.07) is 15.0. The van der Waals surface area contributed by atoms with Crippen LogP contribution in [0.1, 0.15) is 39.4 Å². The van der Waals surface area contributed by atoms with Crippen LogP contribution in [0.15, 0.2) is 60.0 Å². The number of nitrogens with one attached hydrogen (secondary N) is 2. The lowest BCUT2D eigenvalue weighted by Gasteiger charge is -2.13. The number of nitrogens with zero attached hydrogens (tertiary/aromatic N) is 1. The van der Waals surface area contributed by atoms with Crippen molar-refractivity contribution in [2.75, 3.05) is 5.32 Å². The summed E-state index contributed by atoms with van der Waals surface area (Å²) in [6.45, 7) is 1.88. The second kappa shape index (κ2) is 7.88. The Bertz CT molecular complexity index is 927. The van der Waals surface area contributed by atoms with Crippen molar-refractivity contribution in [3.63, 3.8) is 0 Å². The van der Waals surface area contributed by atoms with Crippen molar-refractivity contribution >= 4 is 28.3 Å². The highest BCUT2D eigenvalue weighted by Crippen LogP contribution is 2.19. The standard InChI is InChI=1S/C19H16FN3O2S/c1-12(13-7-3-2-4-8-13)21-18(25)16-11-26-19(22-16)23-17(24)14-9-5-6-10-15(14)20/h2-12H,1H3,(H,21,25)(H,22,23,24)/t12-/m0/s1. The van der Waals surface area contributed by atoms with Crippen molar-refractivity contribution in [1.29, 1.82) is 0 Å². The van der Waals surface area contributed by atoms with Gasteiger partial charge in [0, 0.05) is 5.38 Å². The molecular weight excluding hydrogens is 353 g/mol. The average Bonchev–Trinajstić information content (AvgIpc) is 3.11. The molecule has 0 saturated heterocycles. The van der Waals surface area contributed by atoms with E-state index in [2.05, 4.69) is 15.6 Å². The molecule has 0 aliphatic rings. The Balaban J connectivity index is 1.65. The molecule has 0 unspecified atom stereocenters. The predicted molar refractivity (Wildman–Crippen MR) is 98.8 cm³/mol. The molecule has 3 rings (SSSR count). The second-order valence-corrected chi connectivity index (χ2v) is 6.44. The average molecular weight is 369 g/mol. The van der Waals surface area contributed by atoms with Gasteiger partial charge >= 0.3 is 0 Å². The number of amides is 2. The van der Waals surface area contributed by atoms with Gasteiger partial charge in [-0.25, -0.2) is 9.37 Å². The van der Waals surface area contributed by atoms with E-state index in [1.165, 1.54) is 18.2 Å². The molecule has 0 bridgehead atoms. The zero-order valence-electron chi connectivity index (χ0n) is 13.9. The normalized spacial score (nSPS) is 11.6. The lowest BCUT2D eigenvalue weighted by atomic mass is 10.1. The Morgan fingerprint density at radius 3 is 2.46 bits per heavy atom. The van der Waals surface area contributed by atoms with Gasteiger partial charge in [0.2, 0.25) is 0 Å². The summed E-state index contributed by atoms with van der Waals surface area (Å²) in [5, 5.41) is 7.14. The number of hydrogen-bond donors (Lipinski definition) is 2. The first-order valence-electron chi connectivity index (χ1n) is 7.92. The first-order valence-corrected chi connectivity index (χ1v) is 8.80. The summed E-state index contributed by atoms with van der Waals surface area (Å²) in [5.74, 6) is -1.57. The van der Waals surface area contributed by atoms with Crippen LogP contribution in [0.4, 0.5) is 9.52 Å². The Labute approximate surface area is 153 Å². The highest BCUT2D eigenvalue weighted by atomic mass is 32.1. The van der Waals surface area contributed by atoms with Crippen molar-refractivity contribution in [2.24, 2.45) is 0 Å². The molecule has 0 aliphatic heterocycles. The molecule has 0 aliphatic carbocycles. The van der Waals surface area contributed by atoms with Crippen LogP contribution in [0, 0.1) is 5.82 Å². The number of thiazole rings is 1. The molecule has 2 amide bonds. The number of hydrogen-bond acceptors (Lipinski definition) is 4. The Morgan fingerprint density at radius 1 is 1.04 bits per heavy atom. The Hall–Kier alpha value is -3.06. The van der Waals surface area contributed by atoms with Crippen LogP contribution >= 0.6 is 11.3 Å². The molecule has 1 atom stereocenters. The molecule has 0 spiro atoms. The first kappa shape index (κ1) is 17.8. The number of halogens is 1. The largest absolute Gasteiger partial charge is 0.344 e. The zero-order valence-corrected chi connectivity index (χ0v) is 14.7. The summed E-state index contributed by atoms with van der Waals surface area (Å²) in [6.07, 6.45) is 0. The van der Waals surface area contributed by atoms with Gasteiger partial charge in [0.1, 0.15) is 11.5 Å². The molecule has 2 aromatic carbocycles. The molecule has 1 aromatic heterocycles. The number of anilines is 1. The maximum atomic E-state index is 13.6. The van der Waals surface area contributed by atoms with Gasteiger partial charge in [-0.05, 0) is 24.6 Å². The summed E-state index contributed by atoms with van der Waals surface area (Å²) >= 11 is 1.10. The van der Waals surface area contributed by atoms with Crippen molar-refractivity contribution in [3.8, 4) is 0 Å². The quantitative estimate of drug-likeness (QED) is 0.713. The number of carbonyl (C=O) groups is 2. The topological polar surface area (TPSA) is 71.1 Å². The lowest BCUT2D eigenvalue weighted by Crippen LogP contribution is -2.27. The molecule has 26 heavy (non-hydrogen) atoms. The van der Waals surface area contributed by atoms with Crippen LogP contribution in [0.5, 0.6) is 0 Å². The van der Waals surface area contributed by atoms with Gasteiger partial charge in [0.15, 0.2) is 5.13 Å². The number of rotatable bonds is 5. The van der Waals surface area contributed by atoms with Gasteiger partial charge < -0.3 is 5.32 Å². The highest BCUT2D eigenvalue weighted by Gasteiger charge is 2.17. The van der Waals surface area contributed by atoms with Crippen molar-refractivity contribution in [1.82, 2.24) is 10.3 Å². The van der Waals surface area contributed by atoms with E-state index in [1.807, 2.05) is 37.3 Å². The SMILES string of the molecule is C[C@H](NC(=O)c1csc(NC(=O)c2ccccc2F)n1)c1ccccc1. The van der Waals surface area contributed by atoms with Crippen LogP contribution < -0.4 is 10.6 Å². The van der Waals surface area contributed by atoms with Crippen molar-refractivity contribution < 1.29 is 14.0 Å². The monoisotopic (exact) mass is 369 g/mol. The molecule has 5 nitrogen and oxygen atoms in total. The van der Waals surface area contributed by atoms with E-state index in [0.29, 0.717) is 0 Å². The van der Waals surface area contributed by atoms with E-state index in [1.54, 1.807) is 11.4 Å². The number of benzene rings is 2. The molecule has 3 aromatic rings. The van der Waals surface area contributed by atoms with Gasteiger partial charge in [0.25, 0.3) is 11.8 Å². The fourth-order valence-electron chi connectivity index (χ4n) is 2.34. The lowest BCUT2D eigenvalue weighted by molar-refractivity contribution is 0.0934. The molecule has 2 N–H and O–H groups in total. The molecule has 0 radical (unpaired) electrons. The van der Waals surface area contributed by atoms with Gasteiger partial charge in [-0.15, -0.1) is 11.3 Å². The van der Waals surface area contributed by atoms with Gasteiger partial charge in [-0.2, -0.15) is 0 Å². The second-order valence-electron chi connectivity index (χ2n) is 5.58. The predicted octanol–water partition coefficient (Wildman–Crippen LogP) is 4.03. The molecule has 0 fully saturated rings. The van der Waals surface area contributed by atoms with Crippen LogP contribution in [-0.2, 0) is 0 Å². The van der Waals surface area contributed by atoms with E-state index >= 15 is 0 Å². The van der Waals surface area contributed by atoms with Gasteiger partial charge in [0.05, 0.1) is 11.6 Å². The Kier molecular flexibility index (Phi) is 5.38. The minimum atomic E-state index is -0.615. The maximum Gasteiger partial charge on any atom is 0.271 e. The fraction of sp³-hybridized carbons (Fsp3) is 0.105. The molecule has 1 heterocycles. The van der Waals surface area contributed by atoms with Crippen molar-refractivity contribution in [3.05, 3.63) is 82.6 Å². The van der Waals surface area contributed by atoms with Crippen molar-refractivity contribution in [2.45, 2.75) is 13.0 Å². The molecule has 0 saturated carbocycles. The van der Waals surface area contributed by atoms with Gasteiger partial charge in [-0.3, -0.25) is 14.9 Å². The fourth-order valence-corrected chi connectivity index (χ4v) is 3.03.